The van der Waals surface area contributed by atoms with Crippen molar-refractivity contribution in [2.24, 2.45) is 5.92 Å². The molecular formula is C25H22F4N4O6. The highest BCUT2D eigenvalue weighted by Crippen LogP contribution is 2.26. The molecule has 10 nitrogen and oxygen atoms in total. The number of para-hydroxylation sites is 2. The number of carbonyl (C=O) groups excluding carboxylic acids is 3. The molecule has 1 aromatic heterocycles. The number of aromatic amines is 1. The Hall–Kier alpha value is -4.49. The minimum Gasteiger partial charge on any atom is -0.481 e. The fourth-order valence-corrected chi connectivity index (χ4v) is 4.18. The zero-order chi connectivity index (χ0) is 28.3. The number of Topliss-reactive ketones (excluding diaryl/α,β-unsaturated/α-hetero) is 1. The van der Waals surface area contributed by atoms with Crippen molar-refractivity contribution in [3.05, 3.63) is 59.4 Å². The molecule has 0 unspecified atom stereocenters. The molecule has 39 heavy (non-hydrogen) atoms. The van der Waals surface area contributed by atoms with Gasteiger partial charge in [-0.15, -0.1) is 0 Å². The number of hydrogen-bond acceptors (Lipinski definition) is 6. The zero-order valence-corrected chi connectivity index (χ0v) is 20.2. The van der Waals surface area contributed by atoms with E-state index in [0.29, 0.717) is 11.0 Å². The summed E-state index contributed by atoms with van der Waals surface area (Å²) in [6.07, 6.45) is -0.456. The number of nitrogens with one attached hydrogen (secondary N) is 2. The molecule has 1 saturated heterocycles. The first-order chi connectivity index (χ1) is 18.5. The van der Waals surface area contributed by atoms with E-state index in [0.717, 1.165) is 0 Å². The van der Waals surface area contributed by atoms with Gasteiger partial charge in [0.15, 0.2) is 29.0 Å². The average molecular weight is 550 g/mol. The maximum atomic E-state index is 13.8. The molecule has 3 aromatic rings. The normalized spacial score (nSPS) is 14.7. The van der Waals surface area contributed by atoms with Crippen LogP contribution >= 0.6 is 0 Å². The number of halogens is 4. The Morgan fingerprint density at radius 2 is 1.72 bits per heavy atom. The van der Waals surface area contributed by atoms with Gasteiger partial charge in [-0.1, -0.05) is 12.1 Å². The standard InChI is InChI=1S/C25H22F4N4O6/c26-13-9-14(27)21(29)22(20(13)28)39-11-18(34)17(10-19(35)36)32-24(37)12-5-7-33(8-6-12)25(38)23-30-15-3-1-2-4-16(15)31-23/h1-4,9,12,17H,5-8,10-11H2,(H,30,31)(H,32,37)(H,35,36)/t17-/m0/s1. The number of ether oxygens (including phenoxy) is 1. The van der Waals surface area contributed by atoms with Crippen LogP contribution in [0.15, 0.2) is 30.3 Å². The molecule has 0 radical (unpaired) electrons. The lowest BCUT2D eigenvalue weighted by atomic mass is 9.95. The summed E-state index contributed by atoms with van der Waals surface area (Å²) in [5.74, 6) is -12.8. The third-order valence-corrected chi connectivity index (χ3v) is 6.26. The highest BCUT2D eigenvalue weighted by molar-refractivity contribution is 5.95. The highest BCUT2D eigenvalue weighted by Gasteiger charge is 2.32. The lowest BCUT2D eigenvalue weighted by Crippen LogP contribution is -2.49. The summed E-state index contributed by atoms with van der Waals surface area (Å²) >= 11 is 0. The lowest BCUT2D eigenvalue weighted by molar-refractivity contribution is -0.141. The summed E-state index contributed by atoms with van der Waals surface area (Å²) in [4.78, 5) is 58.1. The maximum Gasteiger partial charge on any atom is 0.305 e. The molecule has 14 heteroatoms. The van der Waals surface area contributed by atoms with E-state index in [1.807, 2.05) is 0 Å². The van der Waals surface area contributed by atoms with Crippen LogP contribution in [0.25, 0.3) is 11.0 Å². The van der Waals surface area contributed by atoms with Crippen LogP contribution in [0.2, 0.25) is 0 Å². The maximum absolute atomic E-state index is 13.8. The Balaban J connectivity index is 1.35. The van der Waals surface area contributed by atoms with Crippen LogP contribution in [-0.2, 0) is 14.4 Å². The number of amides is 2. The molecule has 0 aliphatic carbocycles. The first-order valence-corrected chi connectivity index (χ1v) is 11.8. The molecule has 2 aromatic carbocycles. The number of H-pyrrole nitrogens is 1. The smallest absolute Gasteiger partial charge is 0.305 e. The highest BCUT2D eigenvalue weighted by atomic mass is 19.2. The topological polar surface area (TPSA) is 142 Å². The summed E-state index contributed by atoms with van der Waals surface area (Å²) in [5.41, 5.74) is 1.32. The Morgan fingerprint density at radius 3 is 2.33 bits per heavy atom. The van der Waals surface area contributed by atoms with Gasteiger partial charge in [0.25, 0.3) is 5.91 Å². The number of likely N-dealkylation sites (tertiary alicyclic amines) is 1. The second kappa shape index (κ2) is 11.5. The summed E-state index contributed by atoms with van der Waals surface area (Å²) in [7, 11) is 0. The van der Waals surface area contributed by atoms with Crippen molar-refractivity contribution in [3.63, 3.8) is 0 Å². The van der Waals surface area contributed by atoms with E-state index in [4.69, 9.17) is 5.11 Å². The number of fused-ring (bicyclic) bond motifs is 1. The second-order valence-electron chi connectivity index (χ2n) is 8.88. The van der Waals surface area contributed by atoms with Crippen LogP contribution in [0, 0.1) is 29.2 Å². The van der Waals surface area contributed by atoms with Crippen molar-refractivity contribution in [3.8, 4) is 5.75 Å². The fraction of sp³-hybridized carbons (Fsp3) is 0.320. The minimum atomic E-state index is -1.87. The van der Waals surface area contributed by atoms with E-state index in [1.54, 1.807) is 24.3 Å². The lowest BCUT2D eigenvalue weighted by Gasteiger charge is -2.31. The molecule has 1 fully saturated rings. The number of hydrogen-bond donors (Lipinski definition) is 3. The summed E-state index contributed by atoms with van der Waals surface area (Å²) in [6.45, 7) is -0.782. The number of benzene rings is 2. The van der Waals surface area contributed by atoms with Crippen molar-refractivity contribution >= 4 is 34.6 Å². The van der Waals surface area contributed by atoms with E-state index in [2.05, 4.69) is 20.0 Å². The van der Waals surface area contributed by atoms with Crippen LogP contribution in [0.5, 0.6) is 5.75 Å². The molecule has 1 aliphatic heterocycles. The molecule has 0 saturated carbocycles. The van der Waals surface area contributed by atoms with Gasteiger partial charge in [-0.3, -0.25) is 19.2 Å². The van der Waals surface area contributed by atoms with Gasteiger partial charge in [0.1, 0.15) is 12.6 Å². The van der Waals surface area contributed by atoms with Gasteiger partial charge in [0.2, 0.25) is 17.5 Å². The van der Waals surface area contributed by atoms with Crippen molar-refractivity contribution in [2.45, 2.75) is 25.3 Å². The third kappa shape index (κ3) is 6.16. The van der Waals surface area contributed by atoms with E-state index in [-0.39, 0.29) is 43.7 Å². The monoisotopic (exact) mass is 550 g/mol. The van der Waals surface area contributed by atoms with E-state index in [9.17, 15) is 36.7 Å². The second-order valence-corrected chi connectivity index (χ2v) is 8.88. The molecule has 2 heterocycles. The molecule has 0 bridgehead atoms. The molecule has 206 valence electrons. The quantitative estimate of drug-likeness (QED) is 0.275. The van der Waals surface area contributed by atoms with Crippen LogP contribution in [0.3, 0.4) is 0 Å². The predicted octanol–water partition coefficient (Wildman–Crippen LogP) is 2.58. The average Bonchev–Trinajstić information content (AvgIpc) is 3.35. The third-order valence-electron chi connectivity index (χ3n) is 6.26. The van der Waals surface area contributed by atoms with E-state index < -0.39 is 71.7 Å². The van der Waals surface area contributed by atoms with E-state index in [1.165, 1.54) is 4.90 Å². The molecule has 1 aliphatic rings. The molecule has 2 amide bonds. The van der Waals surface area contributed by atoms with Crippen LogP contribution < -0.4 is 10.1 Å². The first-order valence-electron chi connectivity index (χ1n) is 11.8. The van der Waals surface area contributed by atoms with Gasteiger partial charge in [-0.25, -0.2) is 13.8 Å². The number of piperidine rings is 1. The zero-order valence-electron chi connectivity index (χ0n) is 20.2. The van der Waals surface area contributed by atoms with Crippen molar-refractivity contribution in [1.29, 1.82) is 0 Å². The van der Waals surface area contributed by atoms with Gasteiger partial charge < -0.3 is 25.0 Å². The SMILES string of the molecule is O=C(O)C[C@H](NC(=O)C1CCN(C(=O)c2nc3ccccc3[nH]2)CC1)C(=O)COc1c(F)c(F)cc(F)c1F. The van der Waals surface area contributed by atoms with Gasteiger partial charge in [-0.05, 0) is 25.0 Å². The number of nitrogens with zero attached hydrogens (tertiary/aromatic N) is 2. The first kappa shape index (κ1) is 27.5. The number of rotatable bonds is 9. The van der Waals surface area contributed by atoms with Crippen molar-refractivity contribution < 1.29 is 46.6 Å². The fourth-order valence-electron chi connectivity index (χ4n) is 4.18. The molecule has 0 spiro atoms. The number of carboxylic acids is 1. The van der Waals surface area contributed by atoms with E-state index >= 15 is 0 Å². The number of imidazole rings is 1. The summed E-state index contributed by atoms with van der Waals surface area (Å²) in [6, 6.07) is 5.43. The van der Waals surface area contributed by atoms with Gasteiger partial charge >= 0.3 is 5.97 Å². The van der Waals surface area contributed by atoms with Crippen molar-refractivity contribution in [2.75, 3.05) is 19.7 Å². The molecular weight excluding hydrogens is 528 g/mol. The number of carboxylic acid groups (broad SMARTS) is 1. The summed E-state index contributed by atoms with van der Waals surface area (Å²) in [5, 5.41) is 11.4. The van der Waals surface area contributed by atoms with Gasteiger partial charge in [0.05, 0.1) is 17.5 Å². The Kier molecular flexibility index (Phi) is 8.12. The minimum absolute atomic E-state index is 0.0393. The largest absolute Gasteiger partial charge is 0.481 e. The predicted molar refractivity (Wildman–Crippen MR) is 126 cm³/mol. The Labute approximate surface area is 217 Å². The number of ketones is 1. The van der Waals surface area contributed by atoms with Crippen LogP contribution in [0.4, 0.5) is 17.6 Å². The molecule has 4 rings (SSSR count). The van der Waals surface area contributed by atoms with Gasteiger partial charge in [-0.2, -0.15) is 8.78 Å². The summed E-state index contributed by atoms with van der Waals surface area (Å²) < 4.78 is 58.9. The number of carbonyl (C=O) groups is 4. The molecule has 3 N–H and O–H groups in total. The Bertz CT molecular complexity index is 1380. The Morgan fingerprint density at radius 1 is 1.08 bits per heavy atom. The molecule has 1 atom stereocenters. The number of aliphatic carboxylic acids is 1. The van der Waals surface area contributed by atoms with Crippen molar-refractivity contribution in [1.82, 2.24) is 20.2 Å². The van der Waals surface area contributed by atoms with Gasteiger partial charge in [0, 0.05) is 25.1 Å². The van der Waals surface area contributed by atoms with Crippen LogP contribution in [-0.4, -0.2) is 69.3 Å². The number of aromatic nitrogens is 2. The van der Waals surface area contributed by atoms with Crippen LogP contribution in [0.1, 0.15) is 29.9 Å².